The van der Waals surface area contributed by atoms with Gasteiger partial charge in [0.1, 0.15) is 0 Å². The Morgan fingerprint density at radius 2 is 1.85 bits per heavy atom. The van der Waals surface area contributed by atoms with Crippen molar-refractivity contribution in [3.05, 3.63) is 0 Å². The van der Waals surface area contributed by atoms with E-state index < -0.39 is 0 Å². The van der Waals surface area contributed by atoms with Crippen molar-refractivity contribution >= 4 is 5.91 Å². The minimum Gasteiger partial charge on any atom is -0.342 e. The molecule has 0 aromatic rings. The van der Waals surface area contributed by atoms with E-state index in [2.05, 4.69) is 18.7 Å². The standard InChI is InChI=1S/C11H19NO/c1-8-5-6-12(7-9(8)2)11(13)10-3-4-10/h8-10H,3-7H2,1-2H3. The molecule has 2 atom stereocenters. The summed E-state index contributed by atoms with van der Waals surface area (Å²) in [6.45, 7) is 6.55. The number of hydrogen-bond acceptors (Lipinski definition) is 1. The Balaban J connectivity index is 1.90. The summed E-state index contributed by atoms with van der Waals surface area (Å²) >= 11 is 0. The summed E-state index contributed by atoms with van der Waals surface area (Å²) < 4.78 is 0. The van der Waals surface area contributed by atoms with Crippen molar-refractivity contribution in [1.82, 2.24) is 4.90 Å². The van der Waals surface area contributed by atoms with Crippen LogP contribution in [0.3, 0.4) is 0 Å². The summed E-state index contributed by atoms with van der Waals surface area (Å²) in [7, 11) is 0. The van der Waals surface area contributed by atoms with E-state index in [0.29, 0.717) is 17.7 Å². The number of carbonyl (C=O) groups is 1. The number of rotatable bonds is 1. The lowest BCUT2D eigenvalue weighted by molar-refractivity contribution is -0.134. The smallest absolute Gasteiger partial charge is 0.225 e. The van der Waals surface area contributed by atoms with Crippen molar-refractivity contribution in [2.24, 2.45) is 17.8 Å². The van der Waals surface area contributed by atoms with Crippen LogP contribution >= 0.6 is 0 Å². The van der Waals surface area contributed by atoms with Gasteiger partial charge in [-0.1, -0.05) is 13.8 Å². The highest BCUT2D eigenvalue weighted by Crippen LogP contribution is 2.33. The van der Waals surface area contributed by atoms with E-state index in [1.165, 1.54) is 6.42 Å². The lowest BCUT2D eigenvalue weighted by Crippen LogP contribution is -2.42. The highest BCUT2D eigenvalue weighted by Gasteiger charge is 2.35. The minimum atomic E-state index is 0.403. The van der Waals surface area contributed by atoms with E-state index in [1.54, 1.807) is 0 Å². The summed E-state index contributed by atoms with van der Waals surface area (Å²) in [5.74, 6) is 2.32. The van der Waals surface area contributed by atoms with Gasteiger partial charge in [0.05, 0.1) is 0 Å². The fourth-order valence-corrected chi connectivity index (χ4v) is 2.05. The average molecular weight is 181 g/mol. The lowest BCUT2D eigenvalue weighted by Gasteiger charge is -2.35. The number of piperidine rings is 1. The van der Waals surface area contributed by atoms with Crippen molar-refractivity contribution in [2.45, 2.75) is 33.1 Å². The van der Waals surface area contributed by atoms with Crippen LogP contribution in [-0.2, 0) is 4.79 Å². The first-order valence-electron chi connectivity index (χ1n) is 5.47. The molecule has 74 valence electrons. The molecule has 2 heteroatoms. The molecule has 2 rings (SSSR count). The number of nitrogens with zero attached hydrogens (tertiary/aromatic N) is 1. The van der Waals surface area contributed by atoms with Crippen LogP contribution in [0.25, 0.3) is 0 Å². The van der Waals surface area contributed by atoms with Gasteiger partial charge in [-0.25, -0.2) is 0 Å². The summed E-state index contributed by atoms with van der Waals surface area (Å²) in [4.78, 5) is 13.8. The molecular weight excluding hydrogens is 162 g/mol. The first-order valence-corrected chi connectivity index (χ1v) is 5.47. The number of carbonyl (C=O) groups excluding carboxylic acids is 1. The molecule has 13 heavy (non-hydrogen) atoms. The van der Waals surface area contributed by atoms with Gasteiger partial charge in [0, 0.05) is 19.0 Å². The van der Waals surface area contributed by atoms with Gasteiger partial charge in [0.15, 0.2) is 0 Å². The number of amides is 1. The second-order valence-electron chi connectivity index (χ2n) is 4.80. The van der Waals surface area contributed by atoms with Crippen molar-refractivity contribution < 1.29 is 4.79 Å². The molecule has 0 aromatic carbocycles. The van der Waals surface area contributed by atoms with Crippen LogP contribution in [-0.4, -0.2) is 23.9 Å². The van der Waals surface area contributed by atoms with E-state index in [-0.39, 0.29) is 0 Å². The highest BCUT2D eigenvalue weighted by molar-refractivity contribution is 5.81. The molecule has 1 saturated carbocycles. The van der Waals surface area contributed by atoms with Crippen molar-refractivity contribution in [1.29, 1.82) is 0 Å². The molecule has 0 bridgehead atoms. The van der Waals surface area contributed by atoms with Crippen LogP contribution in [0.1, 0.15) is 33.1 Å². The molecule has 1 saturated heterocycles. The predicted molar refractivity (Wildman–Crippen MR) is 52.2 cm³/mol. The summed E-state index contributed by atoms with van der Waals surface area (Å²) in [5.41, 5.74) is 0. The van der Waals surface area contributed by atoms with Crippen LogP contribution in [0.5, 0.6) is 0 Å². The third-order valence-electron chi connectivity index (χ3n) is 3.57. The van der Waals surface area contributed by atoms with Gasteiger partial charge < -0.3 is 4.90 Å². The molecule has 2 nitrogen and oxygen atoms in total. The summed E-state index contributed by atoms with van der Waals surface area (Å²) in [6.07, 6.45) is 3.47. The maximum absolute atomic E-state index is 11.7. The predicted octanol–water partition coefficient (Wildman–Crippen LogP) is 1.90. The van der Waals surface area contributed by atoms with Gasteiger partial charge in [-0.3, -0.25) is 4.79 Å². The first-order chi connectivity index (χ1) is 6.18. The largest absolute Gasteiger partial charge is 0.342 e. The lowest BCUT2D eigenvalue weighted by atomic mass is 9.88. The topological polar surface area (TPSA) is 20.3 Å². The fraction of sp³-hybridized carbons (Fsp3) is 0.909. The van der Waals surface area contributed by atoms with Crippen LogP contribution in [0, 0.1) is 17.8 Å². The Kier molecular flexibility index (Phi) is 2.31. The molecule has 1 amide bonds. The SMILES string of the molecule is CC1CCN(C(=O)C2CC2)CC1C. The summed E-state index contributed by atoms with van der Waals surface area (Å²) in [6, 6.07) is 0. The Bertz CT molecular complexity index is 210. The molecule has 0 spiro atoms. The molecule has 0 aromatic heterocycles. The third kappa shape index (κ3) is 1.87. The molecule has 0 radical (unpaired) electrons. The zero-order valence-electron chi connectivity index (χ0n) is 8.62. The van der Waals surface area contributed by atoms with E-state index in [4.69, 9.17) is 0 Å². The van der Waals surface area contributed by atoms with Crippen LogP contribution < -0.4 is 0 Å². The molecule has 0 N–H and O–H groups in total. The molecule has 1 heterocycles. The molecule has 2 unspecified atom stereocenters. The third-order valence-corrected chi connectivity index (χ3v) is 3.57. The maximum atomic E-state index is 11.7. The molecule has 2 aliphatic rings. The van der Waals surface area contributed by atoms with Crippen LogP contribution in [0.2, 0.25) is 0 Å². The Morgan fingerprint density at radius 1 is 1.15 bits per heavy atom. The van der Waals surface area contributed by atoms with Gasteiger partial charge >= 0.3 is 0 Å². The van der Waals surface area contributed by atoms with E-state index >= 15 is 0 Å². The van der Waals surface area contributed by atoms with E-state index in [0.717, 1.165) is 31.8 Å². The Morgan fingerprint density at radius 3 is 2.38 bits per heavy atom. The highest BCUT2D eigenvalue weighted by atomic mass is 16.2. The van der Waals surface area contributed by atoms with Crippen molar-refractivity contribution in [3.8, 4) is 0 Å². The minimum absolute atomic E-state index is 0.403. The molecular formula is C11H19NO. The van der Waals surface area contributed by atoms with Gasteiger partial charge in [-0.2, -0.15) is 0 Å². The first kappa shape index (κ1) is 9.04. The van der Waals surface area contributed by atoms with E-state index in [1.807, 2.05) is 0 Å². The Labute approximate surface area is 80.3 Å². The second kappa shape index (κ2) is 3.32. The zero-order valence-corrected chi connectivity index (χ0v) is 8.62. The monoisotopic (exact) mass is 181 g/mol. The number of likely N-dealkylation sites (tertiary alicyclic amines) is 1. The van der Waals surface area contributed by atoms with E-state index in [9.17, 15) is 4.79 Å². The average Bonchev–Trinajstić information content (AvgIpc) is 2.91. The second-order valence-corrected chi connectivity index (χ2v) is 4.80. The quantitative estimate of drug-likeness (QED) is 0.605. The zero-order chi connectivity index (χ0) is 9.42. The fourth-order valence-electron chi connectivity index (χ4n) is 2.05. The molecule has 1 aliphatic carbocycles. The van der Waals surface area contributed by atoms with Crippen LogP contribution in [0.4, 0.5) is 0 Å². The number of hydrogen-bond donors (Lipinski definition) is 0. The van der Waals surface area contributed by atoms with Gasteiger partial charge in [0.2, 0.25) is 5.91 Å². The summed E-state index contributed by atoms with van der Waals surface area (Å²) in [5, 5.41) is 0. The van der Waals surface area contributed by atoms with Gasteiger partial charge in [-0.15, -0.1) is 0 Å². The molecule has 1 aliphatic heterocycles. The van der Waals surface area contributed by atoms with Crippen LogP contribution in [0.15, 0.2) is 0 Å². The molecule has 2 fully saturated rings. The van der Waals surface area contributed by atoms with Crippen molar-refractivity contribution in [3.63, 3.8) is 0 Å². The van der Waals surface area contributed by atoms with Gasteiger partial charge in [0.25, 0.3) is 0 Å². The van der Waals surface area contributed by atoms with Gasteiger partial charge in [-0.05, 0) is 31.1 Å². The normalized spacial score (nSPS) is 34.8. The maximum Gasteiger partial charge on any atom is 0.225 e. The van der Waals surface area contributed by atoms with Crippen molar-refractivity contribution in [2.75, 3.05) is 13.1 Å². The Hall–Kier alpha value is -0.530.